The predicted molar refractivity (Wildman–Crippen MR) is 116 cm³/mol. The number of ether oxygens (including phenoxy) is 1. The van der Waals surface area contributed by atoms with Gasteiger partial charge in [-0.3, -0.25) is 23.5 Å². The molecule has 1 N–H and O–H groups in total. The van der Waals surface area contributed by atoms with Gasteiger partial charge in [0.15, 0.2) is 22.8 Å². The number of hydrogen-bond donors (Lipinski definition) is 1. The third-order valence-corrected chi connectivity index (χ3v) is 5.17. The summed E-state index contributed by atoms with van der Waals surface area (Å²) in [6, 6.07) is 6.09. The lowest BCUT2D eigenvalue weighted by molar-refractivity contribution is 0.277. The van der Waals surface area contributed by atoms with Gasteiger partial charge in [-0.15, -0.1) is 0 Å². The summed E-state index contributed by atoms with van der Waals surface area (Å²) in [4.78, 5) is 34.4. The Labute approximate surface area is 190 Å². The van der Waals surface area contributed by atoms with Crippen LogP contribution >= 0.6 is 11.6 Å². The molecule has 0 aliphatic heterocycles. The SMILES string of the molecule is Cn1c(=O)n(CCCO)c(=O)c2c1nc(Oc1ccc(F)c(F)c1)n2Cc1ccc(Cl)cn1. The van der Waals surface area contributed by atoms with E-state index < -0.39 is 22.9 Å². The fourth-order valence-corrected chi connectivity index (χ4v) is 3.42. The minimum Gasteiger partial charge on any atom is -0.425 e. The zero-order valence-corrected chi connectivity index (χ0v) is 18.1. The molecule has 0 amide bonds. The second-order valence-corrected chi connectivity index (χ2v) is 7.61. The van der Waals surface area contributed by atoms with Crippen molar-refractivity contribution >= 4 is 22.8 Å². The van der Waals surface area contributed by atoms with Crippen LogP contribution in [0, 0.1) is 11.6 Å². The van der Waals surface area contributed by atoms with E-state index in [9.17, 15) is 18.4 Å². The van der Waals surface area contributed by atoms with Crippen molar-refractivity contribution in [2.24, 2.45) is 7.05 Å². The molecule has 0 radical (unpaired) electrons. The standard InChI is InChI=1S/C21H18ClF2N5O4/c1-27-18-17(19(31)28(21(27)32)7-2-8-30)29(11-13-4-3-12(22)10-25-13)20(26-18)33-14-5-6-15(23)16(24)9-14/h3-6,9-10,30H,2,7-8,11H2,1H3. The minimum atomic E-state index is -1.12. The van der Waals surface area contributed by atoms with Gasteiger partial charge in [0.25, 0.3) is 5.56 Å². The highest BCUT2D eigenvalue weighted by Gasteiger charge is 2.22. The maximum absolute atomic E-state index is 13.7. The molecule has 0 saturated heterocycles. The van der Waals surface area contributed by atoms with Crippen molar-refractivity contribution in [2.45, 2.75) is 19.5 Å². The summed E-state index contributed by atoms with van der Waals surface area (Å²) < 4.78 is 36.3. The number of halogens is 3. The van der Waals surface area contributed by atoms with E-state index in [4.69, 9.17) is 21.4 Å². The van der Waals surface area contributed by atoms with Crippen molar-refractivity contribution in [3.8, 4) is 11.8 Å². The average molecular weight is 478 g/mol. The van der Waals surface area contributed by atoms with Crippen LogP contribution in [0.5, 0.6) is 11.8 Å². The molecule has 0 atom stereocenters. The van der Waals surface area contributed by atoms with E-state index in [0.29, 0.717) is 10.7 Å². The Bertz CT molecular complexity index is 1450. The zero-order valence-electron chi connectivity index (χ0n) is 17.3. The Balaban J connectivity index is 1.93. The number of aromatic nitrogens is 5. The number of hydrogen-bond acceptors (Lipinski definition) is 6. The predicted octanol–water partition coefficient (Wildman–Crippen LogP) is 2.45. The first-order valence-electron chi connectivity index (χ1n) is 9.84. The Kier molecular flexibility index (Phi) is 6.25. The molecule has 172 valence electrons. The summed E-state index contributed by atoms with van der Waals surface area (Å²) in [5, 5.41) is 9.55. The van der Waals surface area contributed by atoms with Crippen molar-refractivity contribution in [1.29, 1.82) is 0 Å². The van der Waals surface area contributed by atoms with Crippen molar-refractivity contribution in [3.63, 3.8) is 0 Å². The van der Waals surface area contributed by atoms with Crippen molar-refractivity contribution < 1.29 is 18.6 Å². The molecular formula is C21H18ClF2N5O4. The molecule has 0 spiro atoms. The quantitative estimate of drug-likeness (QED) is 0.438. The Morgan fingerprint density at radius 1 is 1.12 bits per heavy atom. The monoisotopic (exact) mass is 477 g/mol. The third kappa shape index (κ3) is 4.37. The zero-order chi connectivity index (χ0) is 23.7. The van der Waals surface area contributed by atoms with E-state index >= 15 is 0 Å². The van der Waals surface area contributed by atoms with Crippen molar-refractivity contribution in [3.05, 3.63) is 79.7 Å². The lowest BCUT2D eigenvalue weighted by Gasteiger charge is -2.11. The molecule has 3 aromatic heterocycles. The van der Waals surface area contributed by atoms with Gasteiger partial charge < -0.3 is 9.84 Å². The Hall–Kier alpha value is -3.57. The maximum atomic E-state index is 13.7. The van der Waals surface area contributed by atoms with Crippen LogP contribution in [0.25, 0.3) is 11.2 Å². The topological polar surface area (TPSA) is 104 Å². The number of aryl methyl sites for hydroxylation is 1. The first kappa shape index (κ1) is 22.6. The highest BCUT2D eigenvalue weighted by Crippen LogP contribution is 2.26. The van der Waals surface area contributed by atoms with Gasteiger partial charge in [-0.1, -0.05) is 11.6 Å². The molecule has 0 aliphatic rings. The van der Waals surface area contributed by atoms with Gasteiger partial charge in [-0.05, 0) is 30.7 Å². The summed E-state index contributed by atoms with van der Waals surface area (Å²) in [5.41, 5.74) is -0.664. The van der Waals surface area contributed by atoms with Crippen LogP contribution in [0.15, 0.2) is 46.1 Å². The van der Waals surface area contributed by atoms with Crippen LogP contribution in [0.3, 0.4) is 0 Å². The summed E-state index contributed by atoms with van der Waals surface area (Å²) >= 11 is 5.90. The lowest BCUT2D eigenvalue weighted by atomic mass is 10.3. The van der Waals surface area contributed by atoms with Gasteiger partial charge in [0.05, 0.1) is 17.3 Å². The molecule has 9 nitrogen and oxygen atoms in total. The highest BCUT2D eigenvalue weighted by molar-refractivity contribution is 6.30. The molecular weight excluding hydrogens is 460 g/mol. The van der Waals surface area contributed by atoms with Gasteiger partial charge in [0.2, 0.25) is 0 Å². The number of nitrogens with zero attached hydrogens (tertiary/aromatic N) is 5. The van der Waals surface area contributed by atoms with Crippen LogP contribution in [0.1, 0.15) is 12.1 Å². The van der Waals surface area contributed by atoms with E-state index in [1.54, 1.807) is 12.1 Å². The molecule has 0 aliphatic carbocycles. The van der Waals surface area contributed by atoms with Gasteiger partial charge >= 0.3 is 11.7 Å². The fraction of sp³-hybridized carbons (Fsp3) is 0.238. The van der Waals surface area contributed by atoms with E-state index in [2.05, 4.69) is 9.97 Å². The van der Waals surface area contributed by atoms with Crippen molar-refractivity contribution in [2.75, 3.05) is 6.61 Å². The normalized spacial score (nSPS) is 11.3. The number of pyridine rings is 1. The highest BCUT2D eigenvalue weighted by atomic mass is 35.5. The first-order valence-corrected chi connectivity index (χ1v) is 10.2. The largest absolute Gasteiger partial charge is 0.425 e. The Morgan fingerprint density at radius 2 is 1.91 bits per heavy atom. The van der Waals surface area contributed by atoms with E-state index in [0.717, 1.165) is 16.7 Å². The molecule has 0 bridgehead atoms. The van der Waals surface area contributed by atoms with Crippen molar-refractivity contribution in [1.82, 2.24) is 23.7 Å². The Morgan fingerprint density at radius 3 is 2.58 bits per heavy atom. The molecule has 3 heterocycles. The number of fused-ring (bicyclic) bond motifs is 1. The number of aliphatic hydroxyl groups is 1. The number of rotatable bonds is 7. The summed E-state index contributed by atoms with van der Waals surface area (Å²) in [5.74, 6) is -2.22. The van der Waals surface area contributed by atoms with Crippen LogP contribution in [0.2, 0.25) is 5.02 Å². The van der Waals surface area contributed by atoms with E-state index in [-0.39, 0.29) is 49.0 Å². The second-order valence-electron chi connectivity index (χ2n) is 7.17. The third-order valence-electron chi connectivity index (χ3n) is 4.95. The van der Waals surface area contributed by atoms with Crippen LogP contribution in [-0.4, -0.2) is 35.4 Å². The van der Waals surface area contributed by atoms with Gasteiger partial charge in [0.1, 0.15) is 5.75 Å². The van der Waals surface area contributed by atoms with Crippen LogP contribution in [0.4, 0.5) is 8.78 Å². The molecule has 4 aromatic rings. The molecule has 0 saturated carbocycles. The van der Waals surface area contributed by atoms with E-state index in [1.807, 2.05) is 0 Å². The minimum absolute atomic E-state index is 0.00167. The van der Waals surface area contributed by atoms with Gasteiger partial charge in [0, 0.05) is 32.5 Å². The fourth-order valence-electron chi connectivity index (χ4n) is 3.31. The maximum Gasteiger partial charge on any atom is 0.332 e. The lowest BCUT2D eigenvalue weighted by Crippen LogP contribution is -2.39. The first-order chi connectivity index (χ1) is 15.8. The van der Waals surface area contributed by atoms with E-state index in [1.165, 1.54) is 28.4 Å². The summed E-state index contributed by atoms with van der Waals surface area (Å²) in [6.07, 6.45) is 1.63. The second kappa shape index (κ2) is 9.12. The van der Waals surface area contributed by atoms with Gasteiger partial charge in [-0.25, -0.2) is 13.6 Å². The molecule has 33 heavy (non-hydrogen) atoms. The smallest absolute Gasteiger partial charge is 0.332 e. The number of imidazole rings is 1. The molecule has 12 heteroatoms. The molecule has 4 rings (SSSR count). The number of aliphatic hydroxyl groups excluding tert-OH is 1. The molecule has 0 fully saturated rings. The van der Waals surface area contributed by atoms with Gasteiger partial charge in [-0.2, -0.15) is 4.98 Å². The average Bonchev–Trinajstić information content (AvgIpc) is 3.14. The summed E-state index contributed by atoms with van der Waals surface area (Å²) in [7, 11) is 1.44. The number of benzene rings is 1. The van der Waals surface area contributed by atoms with Crippen LogP contribution in [-0.2, 0) is 20.1 Å². The molecule has 1 aromatic carbocycles. The van der Waals surface area contributed by atoms with Crippen LogP contribution < -0.4 is 16.0 Å². The molecule has 0 unspecified atom stereocenters. The summed E-state index contributed by atoms with van der Waals surface area (Å²) in [6.45, 7) is -0.187.